The lowest BCUT2D eigenvalue weighted by Crippen LogP contribution is -2.37. The number of ether oxygens (including phenoxy) is 2. The molecule has 7 nitrogen and oxygen atoms in total. The summed E-state index contributed by atoms with van der Waals surface area (Å²) in [5.41, 5.74) is 4.74. The van der Waals surface area contributed by atoms with E-state index < -0.39 is 23.3 Å². The lowest BCUT2D eigenvalue weighted by molar-refractivity contribution is -0.152. The summed E-state index contributed by atoms with van der Waals surface area (Å²) >= 11 is 0. The van der Waals surface area contributed by atoms with Crippen molar-refractivity contribution in [2.45, 2.75) is 25.6 Å². The van der Waals surface area contributed by atoms with Crippen molar-refractivity contribution in [3.8, 4) is 11.5 Å². The van der Waals surface area contributed by atoms with Crippen LogP contribution in [-0.4, -0.2) is 35.0 Å². The van der Waals surface area contributed by atoms with E-state index in [1.54, 1.807) is 48.5 Å². The lowest BCUT2D eigenvalue weighted by atomic mass is 10.1. The van der Waals surface area contributed by atoms with E-state index in [0.717, 1.165) is 12.1 Å². The minimum Gasteiger partial charge on any atom is -0.486 e. The molecule has 0 aromatic heterocycles. The largest absolute Gasteiger partial charge is 0.486 e. The molecule has 0 saturated heterocycles. The number of carboxylic acids is 1. The molecule has 188 valence electrons. The number of para-hydroxylation sites is 1. The van der Waals surface area contributed by atoms with Gasteiger partial charge in [0.25, 0.3) is 0 Å². The van der Waals surface area contributed by atoms with Crippen LogP contribution < -0.4 is 15.2 Å². The highest BCUT2D eigenvalue weighted by molar-refractivity contribution is 6.06. The van der Waals surface area contributed by atoms with Gasteiger partial charge in [-0.2, -0.15) is 13.2 Å². The zero-order chi connectivity index (χ0) is 26.3. The quantitative estimate of drug-likeness (QED) is 0.316. The highest BCUT2D eigenvalue weighted by Gasteiger charge is 2.30. The normalized spacial score (nSPS) is 12.8. The minimum atomic E-state index is -4.46. The molecule has 3 rings (SSSR count). The maximum atomic E-state index is 12.8. The average Bonchev–Trinajstić information content (AvgIpc) is 2.83. The maximum Gasteiger partial charge on any atom is 0.416 e. The van der Waals surface area contributed by atoms with Crippen molar-refractivity contribution in [2.75, 3.05) is 6.61 Å². The van der Waals surface area contributed by atoms with Gasteiger partial charge in [0.05, 0.1) is 11.3 Å². The number of aliphatic carboxylic acids is 1. The van der Waals surface area contributed by atoms with Crippen molar-refractivity contribution in [1.82, 2.24) is 0 Å². The number of carbonyl (C=O) groups is 1. The van der Waals surface area contributed by atoms with Crippen molar-refractivity contribution in [1.29, 1.82) is 0 Å². The van der Waals surface area contributed by atoms with Crippen molar-refractivity contribution in [3.05, 3.63) is 90.0 Å². The second-order valence-electron chi connectivity index (χ2n) is 8.11. The Balaban J connectivity index is 1.79. The van der Waals surface area contributed by atoms with E-state index in [1.165, 1.54) is 26.0 Å². The summed E-state index contributed by atoms with van der Waals surface area (Å²) in [6.07, 6.45) is -4.46. The topological polar surface area (TPSA) is 107 Å². The Morgan fingerprint density at radius 1 is 0.917 bits per heavy atom. The first-order valence-electron chi connectivity index (χ1n) is 10.7. The number of hydrogen-bond acceptors (Lipinski definition) is 4. The van der Waals surface area contributed by atoms with Gasteiger partial charge in [0.2, 0.25) is 0 Å². The van der Waals surface area contributed by atoms with E-state index in [1.807, 2.05) is 6.07 Å². The van der Waals surface area contributed by atoms with E-state index in [4.69, 9.17) is 15.2 Å². The molecule has 0 aliphatic heterocycles. The number of benzene rings is 3. The molecule has 0 heterocycles. The first-order chi connectivity index (χ1) is 16.9. The third-order valence-corrected chi connectivity index (χ3v) is 4.85. The van der Waals surface area contributed by atoms with Crippen LogP contribution in [0.3, 0.4) is 0 Å². The van der Waals surface area contributed by atoms with Crippen LogP contribution in [0.15, 0.2) is 88.8 Å². The number of aliphatic imine (C=N–C) groups is 2. The number of carboxylic acid groups (broad SMARTS) is 1. The molecule has 3 aromatic rings. The second-order valence-corrected chi connectivity index (χ2v) is 8.11. The van der Waals surface area contributed by atoms with Gasteiger partial charge < -0.3 is 20.3 Å². The van der Waals surface area contributed by atoms with Gasteiger partial charge in [-0.1, -0.05) is 30.3 Å². The van der Waals surface area contributed by atoms with Crippen LogP contribution in [0.4, 0.5) is 18.9 Å². The number of nitrogens with two attached hydrogens (primary N) is 1. The third kappa shape index (κ3) is 7.33. The number of hydrogen-bond donors (Lipinski definition) is 2. The summed E-state index contributed by atoms with van der Waals surface area (Å²) < 4.78 is 49.8. The minimum absolute atomic E-state index is 0.0262. The molecule has 3 N–H and O–H groups in total. The molecule has 0 spiro atoms. The van der Waals surface area contributed by atoms with Gasteiger partial charge in [0.1, 0.15) is 23.9 Å². The maximum absolute atomic E-state index is 12.8. The van der Waals surface area contributed by atoms with Crippen molar-refractivity contribution >= 4 is 23.3 Å². The Morgan fingerprint density at radius 2 is 1.50 bits per heavy atom. The van der Waals surface area contributed by atoms with Crippen molar-refractivity contribution in [3.63, 3.8) is 0 Å². The number of alkyl halides is 3. The Morgan fingerprint density at radius 3 is 2.06 bits per heavy atom. The summed E-state index contributed by atoms with van der Waals surface area (Å²) in [6, 6.07) is 19.5. The standard InChI is InChI=1S/C26H24F3N3O4/c1-25(2,24(33)34)36-21-14-12-20(13-15-21)35-16-22(31-19-6-4-3-5-7-19)32-23(30)17-8-10-18(11-9-17)26(27,28)29/h3-15H,16H2,1-2H3,(H,33,34)(H2,30,31,32). The molecule has 0 aliphatic rings. The molecular formula is C26H24F3N3O4. The smallest absolute Gasteiger partial charge is 0.416 e. The summed E-state index contributed by atoms with van der Waals surface area (Å²) in [4.78, 5) is 20.0. The van der Waals surface area contributed by atoms with Gasteiger partial charge in [-0.15, -0.1) is 0 Å². The van der Waals surface area contributed by atoms with Crippen molar-refractivity contribution in [2.24, 2.45) is 15.7 Å². The summed E-state index contributed by atoms with van der Waals surface area (Å²) in [6.45, 7) is 2.77. The van der Waals surface area contributed by atoms with Crippen molar-refractivity contribution < 1.29 is 32.5 Å². The van der Waals surface area contributed by atoms with E-state index in [9.17, 15) is 23.1 Å². The molecule has 36 heavy (non-hydrogen) atoms. The highest BCUT2D eigenvalue weighted by atomic mass is 19.4. The summed E-state index contributed by atoms with van der Waals surface area (Å²) in [7, 11) is 0. The van der Waals surface area contributed by atoms with E-state index in [-0.39, 0.29) is 18.3 Å². The SMILES string of the molecule is CC(C)(Oc1ccc(OCC(=Nc2ccccc2)N=C(N)c2ccc(C(F)(F)F)cc2)cc1)C(=O)O. The van der Waals surface area contributed by atoms with Crippen LogP contribution in [0.25, 0.3) is 0 Å². The van der Waals surface area contributed by atoms with Crippen LogP contribution >= 0.6 is 0 Å². The molecule has 0 aliphatic carbocycles. The van der Waals surface area contributed by atoms with E-state index >= 15 is 0 Å². The number of halogens is 3. The Bertz CT molecular complexity index is 1240. The van der Waals surface area contributed by atoms with Gasteiger partial charge in [-0.25, -0.2) is 14.8 Å². The molecular weight excluding hydrogens is 475 g/mol. The Kier molecular flexibility index (Phi) is 7.98. The first-order valence-corrected chi connectivity index (χ1v) is 10.7. The molecule has 0 saturated carbocycles. The molecule has 0 amide bonds. The Labute approximate surface area is 205 Å². The Hall–Kier alpha value is -4.34. The molecule has 0 bridgehead atoms. The van der Waals surface area contributed by atoms with Crippen LogP contribution in [0.5, 0.6) is 11.5 Å². The summed E-state index contributed by atoms with van der Waals surface area (Å²) in [5, 5.41) is 9.19. The zero-order valence-corrected chi connectivity index (χ0v) is 19.5. The van der Waals surface area contributed by atoms with Gasteiger partial charge >= 0.3 is 12.1 Å². The van der Waals surface area contributed by atoms with Gasteiger partial charge in [0, 0.05) is 5.56 Å². The fraction of sp³-hybridized carbons (Fsp3) is 0.192. The number of amidine groups is 2. The van der Waals surface area contributed by atoms with Crippen LogP contribution in [-0.2, 0) is 11.0 Å². The average molecular weight is 499 g/mol. The molecule has 0 unspecified atom stereocenters. The van der Waals surface area contributed by atoms with E-state index in [0.29, 0.717) is 22.7 Å². The zero-order valence-electron chi connectivity index (χ0n) is 19.5. The van der Waals surface area contributed by atoms with Gasteiger partial charge in [-0.05, 0) is 62.4 Å². The molecule has 3 aromatic carbocycles. The highest BCUT2D eigenvalue weighted by Crippen LogP contribution is 2.29. The number of rotatable bonds is 8. The van der Waals surface area contributed by atoms with Gasteiger partial charge in [0.15, 0.2) is 11.4 Å². The van der Waals surface area contributed by atoms with Crippen LogP contribution in [0.1, 0.15) is 25.0 Å². The molecule has 0 atom stereocenters. The van der Waals surface area contributed by atoms with Crippen LogP contribution in [0, 0.1) is 0 Å². The molecule has 0 fully saturated rings. The molecule has 0 radical (unpaired) electrons. The van der Waals surface area contributed by atoms with E-state index in [2.05, 4.69) is 9.98 Å². The second kappa shape index (κ2) is 10.9. The van der Waals surface area contributed by atoms with Crippen LogP contribution in [0.2, 0.25) is 0 Å². The summed E-state index contributed by atoms with van der Waals surface area (Å²) in [5.74, 6) is -0.169. The first kappa shape index (κ1) is 26.3. The predicted molar refractivity (Wildman–Crippen MR) is 130 cm³/mol. The fourth-order valence-electron chi connectivity index (χ4n) is 2.86. The third-order valence-electron chi connectivity index (χ3n) is 4.85. The van der Waals surface area contributed by atoms with Gasteiger partial charge in [-0.3, -0.25) is 0 Å². The molecule has 10 heteroatoms. The fourth-order valence-corrected chi connectivity index (χ4v) is 2.86. The lowest BCUT2D eigenvalue weighted by Gasteiger charge is -2.21. The number of nitrogens with zero attached hydrogens (tertiary/aromatic N) is 2. The predicted octanol–water partition coefficient (Wildman–Crippen LogP) is 5.46. The monoisotopic (exact) mass is 499 g/mol.